The molecule has 1 radical (unpaired) electrons. The maximum absolute atomic E-state index is 5.25. The lowest BCUT2D eigenvalue weighted by Crippen LogP contribution is -1.93. The second-order valence-corrected chi connectivity index (χ2v) is 3.95. The second kappa shape index (κ2) is 4.99. The van der Waals surface area contributed by atoms with Crippen LogP contribution in [-0.4, -0.2) is 19.2 Å². The highest BCUT2D eigenvalue weighted by Gasteiger charge is 2.05. The third-order valence-electron chi connectivity index (χ3n) is 2.27. The zero-order chi connectivity index (χ0) is 11.4. The largest absolute Gasteiger partial charge is 0.493 e. The number of hydrogen-bond acceptors (Lipinski definition) is 4. The molecular formula is C12H12NO2S. The van der Waals surface area contributed by atoms with E-state index in [1.54, 1.807) is 14.2 Å². The highest BCUT2D eigenvalue weighted by molar-refractivity contribution is 7.07. The predicted octanol–water partition coefficient (Wildman–Crippen LogP) is 2.55. The van der Waals surface area contributed by atoms with Crippen molar-refractivity contribution in [2.24, 2.45) is 0 Å². The van der Waals surface area contributed by atoms with E-state index < -0.39 is 0 Å². The standard InChI is InChI=1S/C12H12NO2S/c1-14-11-4-3-9(6-12(11)15-2)5-10-7-16-8-13-10/h3-4,6-7H,5H2,1-2H3. The van der Waals surface area contributed by atoms with Crippen LogP contribution in [0.4, 0.5) is 0 Å². The molecule has 0 aliphatic heterocycles. The molecule has 2 aromatic rings. The first-order chi connectivity index (χ1) is 7.83. The van der Waals surface area contributed by atoms with Gasteiger partial charge in [0.05, 0.1) is 19.9 Å². The van der Waals surface area contributed by atoms with E-state index in [1.165, 1.54) is 11.3 Å². The number of aromatic nitrogens is 1. The molecule has 0 saturated heterocycles. The van der Waals surface area contributed by atoms with Crippen LogP contribution in [0.1, 0.15) is 11.3 Å². The first-order valence-corrected chi connectivity index (χ1v) is 5.73. The lowest BCUT2D eigenvalue weighted by atomic mass is 10.1. The van der Waals surface area contributed by atoms with Crippen molar-refractivity contribution >= 4 is 11.3 Å². The summed E-state index contributed by atoms with van der Waals surface area (Å²) in [5.74, 6) is 1.50. The highest BCUT2D eigenvalue weighted by Crippen LogP contribution is 2.28. The van der Waals surface area contributed by atoms with Crippen molar-refractivity contribution in [1.29, 1.82) is 0 Å². The normalized spacial score (nSPS) is 10.1. The van der Waals surface area contributed by atoms with Crippen LogP contribution in [0.5, 0.6) is 11.5 Å². The molecule has 0 fully saturated rings. The van der Waals surface area contributed by atoms with Crippen LogP contribution in [0.3, 0.4) is 0 Å². The maximum atomic E-state index is 5.25. The zero-order valence-electron chi connectivity index (χ0n) is 9.19. The van der Waals surface area contributed by atoms with Crippen LogP contribution in [0, 0.1) is 5.51 Å². The number of nitrogens with zero attached hydrogens (tertiary/aromatic N) is 1. The third kappa shape index (κ3) is 2.33. The van der Waals surface area contributed by atoms with Gasteiger partial charge in [-0.2, -0.15) is 0 Å². The van der Waals surface area contributed by atoms with E-state index in [4.69, 9.17) is 9.47 Å². The van der Waals surface area contributed by atoms with Gasteiger partial charge in [-0.25, -0.2) is 4.98 Å². The molecule has 0 amide bonds. The molecule has 0 aliphatic rings. The van der Waals surface area contributed by atoms with Gasteiger partial charge in [0.15, 0.2) is 17.0 Å². The molecule has 0 atom stereocenters. The van der Waals surface area contributed by atoms with E-state index in [1.807, 2.05) is 23.6 Å². The van der Waals surface area contributed by atoms with E-state index >= 15 is 0 Å². The first kappa shape index (κ1) is 11.0. The van der Waals surface area contributed by atoms with Crippen LogP contribution < -0.4 is 9.47 Å². The Labute approximate surface area is 98.7 Å². The molecule has 0 unspecified atom stereocenters. The van der Waals surface area contributed by atoms with Gasteiger partial charge in [0.2, 0.25) is 0 Å². The minimum atomic E-state index is 0.746. The van der Waals surface area contributed by atoms with Crippen molar-refractivity contribution in [2.75, 3.05) is 14.2 Å². The monoisotopic (exact) mass is 234 g/mol. The first-order valence-electron chi connectivity index (χ1n) is 4.85. The molecule has 83 valence electrons. The molecule has 16 heavy (non-hydrogen) atoms. The molecule has 0 spiro atoms. The van der Waals surface area contributed by atoms with E-state index in [-0.39, 0.29) is 0 Å². The summed E-state index contributed by atoms with van der Waals surface area (Å²) in [6.07, 6.45) is 0.792. The van der Waals surface area contributed by atoms with Gasteiger partial charge in [-0.3, -0.25) is 0 Å². The summed E-state index contributed by atoms with van der Waals surface area (Å²) >= 11 is 1.48. The molecule has 0 aliphatic carbocycles. The lowest BCUT2D eigenvalue weighted by Gasteiger charge is -2.08. The van der Waals surface area contributed by atoms with Crippen LogP contribution in [-0.2, 0) is 6.42 Å². The molecule has 1 aromatic heterocycles. The quantitative estimate of drug-likeness (QED) is 0.814. The average Bonchev–Trinajstić information content (AvgIpc) is 2.81. The lowest BCUT2D eigenvalue weighted by molar-refractivity contribution is 0.354. The zero-order valence-corrected chi connectivity index (χ0v) is 10.0. The number of ether oxygens (including phenoxy) is 2. The fraction of sp³-hybridized carbons (Fsp3) is 0.250. The average molecular weight is 234 g/mol. The number of hydrogen-bond donors (Lipinski definition) is 0. The number of rotatable bonds is 4. The fourth-order valence-electron chi connectivity index (χ4n) is 1.49. The maximum Gasteiger partial charge on any atom is 0.160 e. The Bertz CT molecular complexity index is 454. The predicted molar refractivity (Wildman–Crippen MR) is 63.3 cm³/mol. The summed E-state index contributed by atoms with van der Waals surface area (Å²) in [5.41, 5.74) is 5.01. The number of methoxy groups -OCH3 is 2. The van der Waals surface area contributed by atoms with Gasteiger partial charge >= 0.3 is 0 Å². The van der Waals surface area contributed by atoms with E-state index in [0.29, 0.717) is 0 Å². The SMILES string of the molecule is COc1ccc(Cc2cs[c]n2)cc1OC. The van der Waals surface area contributed by atoms with Crippen LogP contribution >= 0.6 is 11.3 Å². The Morgan fingerprint density at radius 2 is 2.06 bits per heavy atom. The van der Waals surface area contributed by atoms with Gasteiger partial charge in [-0.1, -0.05) is 6.07 Å². The van der Waals surface area contributed by atoms with Crippen LogP contribution in [0.25, 0.3) is 0 Å². The molecule has 0 bridgehead atoms. The molecule has 3 nitrogen and oxygen atoms in total. The molecule has 0 saturated carbocycles. The minimum absolute atomic E-state index is 0.746. The summed E-state index contributed by atoms with van der Waals surface area (Å²) in [6.45, 7) is 0. The fourth-order valence-corrected chi connectivity index (χ4v) is 1.98. The van der Waals surface area contributed by atoms with Crippen LogP contribution in [0.15, 0.2) is 23.6 Å². The Balaban J connectivity index is 2.22. The Morgan fingerprint density at radius 1 is 1.25 bits per heavy atom. The van der Waals surface area contributed by atoms with Crippen molar-refractivity contribution in [3.8, 4) is 11.5 Å². The van der Waals surface area contributed by atoms with Gasteiger partial charge in [-0.05, 0) is 17.7 Å². The van der Waals surface area contributed by atoms with Gasteiger partial charge in [0.1, 0.15) is 0 Å². The summed E-state index contributed by atoms with van der Waals surface area (Å²) in [6, 6.07) is 5.89. The summed E-state index contributed by atoms with van der Waals surface area (Å²) in [5, 5.41) is 2.00. The van der Waals surface area contributed by atoms with E-state index in [9.17, 15) is 0 Å². The topological polar surface area (TPSA) is 31.4 Å². The van der Waals surface area contributed by atoms with Gasteiger partial charge in [0, 0.05) is 11.8 Å². The van der Waals surface area contributed by atoms with Crippen molar-refractivity contribution in [3.63, 3.8) is 0 Å². The molecule has 1 heterocycles. The van der Waals surface area contributed by atoms with E-state index in [0.717, 1.165) is 29.2 Å². The van der Waals surface area contributed by atoms with Crippen LogP contribution in [0.2, 0.25) is 0 Å². The smallest absolute Gasteiger partial charge is 0.160 e. The molecule has 0 N–H and O–H groups in total. The van der Waals surface area contributed by atoms with Crippen molar-refractivity contribution in [3.05, 3.63) is 40.3 Å². The van der Waals surface area contributed by atoms with Gasteiger partial charge in [-0.15, -0.1) is 11.3 Å². The summed E-state index contributed by atoms with van der Waals surface area (Å²) in [4.78, 5) is 4.13. The molecule has 2 rings (SSSR count). The number of benzene rings is 1. The molecular weight excluding hydrogens is 222 g/mol. The molecule has 1 aromatic carbocycles. The highest BCUT2D eigenvalue weighted by atomic mass is 32.1. The van der Waals surface area contributed by atoms with Gasteiger partial charge < -0.3 is 9.47 Å². The third-order valence-corrected chi connectivity index (χ3v) is 2.86. The van der Waals surface area contributed by atoms with E-state index in [2.05, 4.69) is 10.5 Å². The Kier molecular flexibility index (Phi) is 3.41. The number of thiazole rings is 1. The van der Waals surface area contributed by atoms with Gasteiger partial charge in [0.25, 0.3) is 0 Å². The summed E-state index contributed by atoms with van der Waals surface area (Å²) in [7, 11) is 3.27. The second-order valence-electron chi connectivity index (χ2n) is 3.30. The minimum Gasteiger partial charge on any atom is -0.493 e. The Morgan fingerprint density at radius 3 is 2.69 bits per heavy atom. The summed E-state index contributed by atoms with van der Waals surface area (Å²) < 4.78 is 10.4. The Hall–Kier alpha value is -1.55. The van der Waals surface area contributed by atoms with Crippen molar-refractivity contribution < 1.29 is 9.47 Å². The van der Waals surface area contributed by atoms with Crippen molar-refractivity contribution in [1.82, 2.24) is 4.98 Å². The molecule has 4 heteroatoms. The van der Waals surface area contributed by atoms with Crippen molar-refractivity contribution in [2.45, 2.75) is 6.42 Å².